The van der Waals surface area contributed by atoms with Crippen molar-refractivity contribution in [2.45, 2.75) is 33.0 Å². The molecule has 0 saturated carbocycles. The van der Waals surface area contributed by atoms with E-state index >= 15 is 0 Å². The largest absolute Gasteiger partial charge is 0.493 e. The molecule has 2 N–H and O–H groups in total. The smallest absolute Gasteiger partial charge is 0.387 e. The van der Waals surface area contributed by atoms with Crippen molar-refractivity contribution in [2.75, 3.05) is 14.2 Å². The molecule has 2 aromatic carbocycles. The fraction of sp³-hybridized carbons (Fsp3) is 0.350. The fourth-order valence-electron chi connectivity index (χ4n) is 2.57. The summed E-state index contributed by atoms with van der Waals surface area (Å²) in [5, 5.41) is 6.26. The second-order valence-corrected chi connectivity index (χ2v) is 6.16. The molecule has 0 aliphatic heterocycles. The molecular formula is C20H25F3IN3O2. The van der Waals surface area contributed by atoms with Crippen molar-refractivity contribution in [1.29, 1.82) is 0 Å². The van der Waals surface area contributed by atoms with E-state index in [1.54, 1.807) is 32.2 Å². The number of nitrogens with zero attached hydrogens (tertiary/aromatic N) is 1. The van der Waals surface area contributed by atoms with Crippen molar-refractivity contribution >= 4 is 29.9 Å². The van der Waals surface area contributed by atoms with Crippen molar-refractivity contribution in [2.24, 2.45) is 4.99 Å². The summed E-state index contributed by atoms with van der Waals surface area (Å²) in [6.45, 7) is 0.970. The van der Waals surface area contributed by atoms with Crippen LogP contribution in [0.15, 0.2) is 41.4 Å². The number of aliphatic imine (C=N–C) groups is 1. The first-order chi connectivity index (χ1) is 13.3. The van der Waals surface area contributed by atoms with Gasteiger partial charge in [-0.25, -0.2) is 4.39 Å². The van der Waals surface area contributed by atoms with Crippen LogP contribution >= 0.6 is 24.0 Å². The number of aryl methyl sites for hydroxylation is 1. The molecule has 0 fully saturated rings. The van der Waals surface area contributed by atoms with Crippen molar-refractivity contribution < 1.29 is 22.6 Å². The van der Waals surface area contributed by atoms with Gasteiger partial charge in [-0.05, 0) is 48.7 Å². The van der Waals surface area contributed by atoms with E-state index in [2.05, 4.69) is 20.4 Å². The van der Waals surface area contributed by atoms with E-state index in [1.807, 2.05) is 13.0 Å². The van der Waals surface area contributed by atoms with Crippen LogP contribution in [0.4, 0.5) is 13.2 Å². The summed E-state index contributed by atoms with van der Waals surface area (Å²) in [5.41, 5.74) is 2.07. The predicted molar refractivity (Wildman–Crippen MR) is 118 cm³/mol. The summed E-state index contributed by atoms with van der Waals surface area (Å²) in [5.74, 6) is 0.407. The van der Waals surface area contributed by atoms with E-state index in [4.69, 9.17) is 4.74 Å². The van der Waals surface area contributed by atoms with Crippen LogP contribution in [0, 0.1) is 12.7 Å². The predicted octanol–water partition coefficient (Wildman–Crippen LogP) is 4.79. The Morgan fingerprint density at radius 1 is 1.14 bits per heavy atom. The molecule has 0 bridgehead atoms. The van der Waals surface area contributed by atoms with Crippen molar-refractivity contribution in [3.8, 4) is 11.5 Å². The SMILES string of the molecule is CN=C(NCc1ccc(OC)c(OC(F)F)c1)NC(C)c1ccc(C)c(F)c1.I. The van der Waals surface area contributed by atoms with Crippen LogP contribution in [-0.4, -0.2) is 26.7 Å². The van der Waals surface area contributed by atoms with E-state index in [-0.39, 0.29) is 47.3 Å². The number of hydrogen-bond donors (Lipinski definition) is 2. The third-order valence-electron chi connectivity index (χ3n) is 4.18. The standard InChI is InChI=1S/C20H24F3N3O2.HI/c1-12-5-7-15(10-16(12)21)13(2)26-20(24-3)25-11-14-6-8-17(27-4)18(9-14)28-19(22)23;/h5-10,13,19H,11H2,1-4H3,(H2,24,25,26);1H. The highest BCUT2D eigenvalue weighted by atomic mass is 127. The lowest BCUT2D eigenvalue weighted by Crippen LogP contribution is -2.38. The summed E-state index contributed by atoms with van der Waals surface area (Å²) in [4.78, 5) is 4.14. The molecule has 0 radical (unpaired) electrons. The Morgan fingerprint density at radius 3 is 2.45 bits per heavy atom. The Bertz CT molecular complexity index is 835. The van der Waals surface area contributed by atoms with Crippen LogP contribution in [0.2, 0.25) is 0 Å². The molecule has 5 nitrogen and oxygen atoms in total. The molecule has 0 heterocycles. The minimum Gasteiger partial charge on any atom is -0.493 e. The van der Waals surface area contributed by atoms with Gasteiger partial charge in [0.1, 0.15) is 5.82 Å². The molecule has 29 heavy (non-hydrogen) atoms. The van der Waals surface area contributed by atoms with Gasteiger partial charge >= 0.3 is 6.61 Å². The molecule has 160 valence electrons. The van der Waals surface area contributed by atoms with Gasteiger partial charge in [0.25, 0.3) is 0 Å². The monoisotopic (exact) mass is 523 g/mol. The summed E-state index contributed by atoms with van der Waals surface area (Å²) in [6, 6.07) is 9.64. The van der Waals surface area contributed by atoms with Gasteiger partial charge in [0.15, 0.2) is 17.5 Å². The Balaban J connectivity index is 0.00000420. The third kappa shape index (κ3) is 7.30. The third-order valence-corrected chi connectivity index (χ3v) is 4.18. The molecule has 2 rings (SSSR count). The fourth-order valence-corrected chi connectivity index (χ4v) is 2.57. The minimum atomic E-state index is -2.94. The molecule has 0 spiro atoms. The summed E-state index contributed by atoms with van der Waals surface area (Å²) in [7, 11) is 2.99. The Morgan fingerprint density at radius 2 is 1.86 bits per heavy atom. The maximum absolute atomic E-state index is 13.8. The van der Waals surface area contributed by atoms with E-state index in [1.165, 1.54) is 19.2 Å². The topological polar surface area (TPSA) is 54.9 Å². The second kappa shape index (κ2) is 11.7. The molecule has 2 aromatic rings. The van der Waals surface area contributed by atoms with Crippen LogP contribution in [0.3, 0.4) is 0 Å². The molecule has 9 heteroatoms. The van der Waals surface area contributed by atoms with Crippen LogP contribution in [0.25, 0.3) is 0 Å². The molecule has 0 aromatic heterocycles. The quantitative estimate of drug-likeness (QED) is 0.312. The van der Waals surface area contributed by atoms with Gasteiger partial charge in [-0.15, -0.1) is 24.0 Å². The van der Waals surface area contributed by atoms with Crippen molar-refractivity contribution in [3.63, 3.8) is 0 Å². The number of halogens is 4. The van der Waals surface area contributed by atoms with E-state index in [9.17, 15) is 13.2 Å². The Kier molecular flexibility index (Phi) is 10.1. The van der Waals surface area contributed by atoms with Crippen molar-refractivity contribution in [1.82, 2.24) is 10.6 Å². The normalized spacial score (nSPS) is 12.2. The van der Waals surface area contributed by atoms with E-state index in [0.717, 1.165) is 5.56 Å². The van der Waals surface area contributed by atoms with Gasteiger partial charge in [0.05, 0.1) is 13.2 Å². The molecule has 1 unspecified atom stereocenters. The lowest BCUT2D eigenvalue weighted by Gasteiger charge is -2.19. The second-order valence-electron chi connectivity index (χ2n) is 6.16. The number of guanidine groups is 1. The van der Waals surface area contributed by atoms with Gasteiger partial charge in [0.2, 0.25) is 0 Å². The lowest BCUT2D eigenvalue weighted by atomic mass is 10.1. The van der Waals surface area contributed by atoms with Crippen LogP contribution in [0.5, 0.6) is 11.5 Å². The zero-order chi connectivity index (χ0) is 20.7. The van der Waals surface area contributed by atoms with Crippen LogP contribution in [-0.2, 0) is 6.54 Å². The Labute approximate surface area is 185 Å². The molecule has 1 atom stereocenters. The number of hydrogen-bond acceptors (Lipinski definition) is 3. The van der Waals surface area contributed by atoms with Gasteiger partial charge in [-0.2, -0.15) is 8.78 Å². The lowest BCUT2D eigenvalue weighted by molar-refractivity contribution is -0.0512. The molecule has 0 aliphatic rings. The average Bonchev–Trinajstić information content (AvgIpc) is 2.66. The van der Waals surface area contributed by atoms with Gasteiger partial charge in [-0.3, -0.25) is 4.99 Å². The molecule has 0 aliphatic carbocycles. The molecule has 0 amide bonds. The van der Waals surface area contributed by atoms with Gasteiger partial charge < -0.3 is 20.1 Å². The first-order valence-corrected chi connectivity index (χ1v) is 8.69. The number of rotatable bonds is 7. The van der Waals surface area contributed by atoms with Crippen LogP contribution in [0.1, 0.15) is 29.7 Å². The number of alkyl halides is 2. The zero-order valence-electron chi connectivity index (χ0n) is 16.6. The average molecular weight is 523 g/mol. The molecule has 0 saturated heterocycles. The zero-order valence-corrected chi connectivity index (χ0v) is 19.0. The number of nitrogens with one attached hydrogen (secondary N) is 2. The Hall–Kier alpha value is -2.17. The maximum atomic E-state index is 13.8. The maximum Gasteiger partial charge on any atom is 0.387 e. The van der Waals surface area contributed by atoms with Crippen LogP contribution < -0.4 is 20.1 Å². The summed E-state index contributed by atoms with van der Waals surface area (Å²) < 4.78 is 48.4. The minimum absolute atomic E-state index is 0. The highest BCUT2D eigenvalue weighted by molar-refractivity contribution is 14.0. The summed E-state index contributed by atoms with van der Waals surface area (Å²) >= 11 is 0. The first-order valence-electron chi connectivity index (χ1n) is 8.69. The number of ether oxygens (including phenoxy) is 2. The summed E-state index contributed by atoms with van der Waals surface area (Å²) in [6.07, 6.45) is 0. The number of methoxy groups -OCH3 is 1. The van der Waals surface area contributed by atoms with E-state index in [0.29, 0.717) is 23.6 Å². The first kappa shape index (κ1) is 24.9. The highest BCUT2D eigenvalue weighted by Crippen LogP contribution is 2.29. The molecular weight excluding hydrogens is 498 g/mol. The number of benzene rings is 2. The van der Waals surface area contributed by atoms with Gasteiger partial charge in [0, 0.05) is 13.6 Å². The van der Waals surface area contributed by atoms with Crippen molar-refractivity contribution in [3.05, 3.63) is 58.9 Å². The van der Waals surface area contributed by atoms with Gasteiger partial charge in [-0.1, -0.05) is 18.2 Å². The highest BCUT2D eigenvalue weighted by Gasteiger charge is 2.13. The van der Waals surface area contributed by atoms with E-state index < -0.39 is 6.61 Å².